The molecule has 0 saturated heterocycles. The van der Waals surface area contributed by atoms with Crippen LogP contribution in [0.25, 0.3) is 0 Å². The Balaban J connectivity index is 1.82. The third-order valence-corrected chi connectivity index (χ3v) is 5.78. The zero-order valence-electron chi connectivity index (χ0n) is 15.0. The molecule has 2 aromatic rings. The summed E-state index contributed by atoms with van der Waals surface area (Å²) in [5.74, 6) is -0.166. The van der Waals surface area contributed by atoms with Gasteiger partial charge in [0.25, 0.3) is 0 Å². The zero-order chi connectivity index (χ0) is 19.0. The van der Waals surface area contributed by atoms with Crippen molar-refractivity contribution in [1.29, 1.82) is 5.26 Å². The van der Waals surface area contributed by atoms with Gasteiger partial charge in [0.2, 0.25) is 0 Å². The van der Waals surface area contributed by atoms with Crippen LogP contribution in [0.2, 0.25) is 5.02 Å². The second-order valence-corrected chi connectivity index (χ2v) is 7.47. The van der Waals surface area contributed by atoms with Crippen molar-refractivity contribution in [1.82, 2.24) is 5.32 Å². The molecule has 0 radical (unpaired) electrons. The summed E-state index contributed by atoms with van der Waals surface area (Å²) in [4.78, 5) is 13.2. The summed E-state index contributed by atoms with van der Waals surface area (Å²) in [7, 11) is 0. The third kappa shape index (κ3) is 3.07. The molecule has 27 heavy (non-hydrogen) atoms. The minimum absolute atomic E-state index is 0.0859. The van der Waals surface area contributed by atoms with Crippen LogP contribution < -0.4 is 5.32 Å². The molecule has 0 spiro atoms. The number of nitrogens with zero attached hydrogens (tertiary/aromatic N) is 1. The summed E-state index contributed by atoms with van der Waals surface area (Å²) >= 11 is 6.44. The first-order valence-corrected chi connectivity index (χ1v) is 9.41. The molecule has 1 heterocycles. The van der Waals surface area contributed by atoms with Crippen molar-refractivity contribution in [2.45, 2.75) is 31.6 Å². The summed E-state index contributed by atoms with van der Waals surface area (Å²) in [6.07, 6.45) is 1.20. The van der Waals surface area contributed by atoms with Crippen molar-refractivity contribution in [3.63, 3.8) is 0 Å². The van der Waals surface area contributed by atoms with Gasteiger partial charge in [0.1, 0.15) is 0 Å². The van der Waals surface area contributed by atoms with Gasteiger partial charge < -0.3 is 5.32 Å². The molecule has 0 bridgehead atoms. The number of carbonyl (C=O) groups excluding carboxylic acids is 1. The Bertz CT molecular complexity index is 1010. The fraction of sp³-hybridized carbons (Fsp3) is 0.217. The quantitative estimate of drug-likeness (QED) is 0.783. The molecule has 4 heteroatoms. The number of dihydropyridines is 1. The summed E-state index contributed by atoms with van der Waals surface area (Å²) in [5.41, 5.74) is 4.95. The maximum Gasteiger partial charge on any atom is 0.162 e. The summed E-state index contributed by atoms with van der Waals surface area (Å²) < 4.78 is 0. The fourth-order valence-corrected chi connectivity index (χ4v) is 4.41. The lowest BCUT2D eigenvalue weighted by molar-refractivity contribution is -0.116. The minimum Gasteiger partial charge on any atom is -0.361 e. The molecule has 2 aliphatic rings. The predicted octanol–water partition coefficient (Wildman–Crippen LogP) is 5.23. The highest BCUT2D eigenvalue weighted by atomic mass is 35.5. The van der Waals surface area contributed by atoms with Gasteiger partial charge in [-0.1, -0.05) is 60.1 Å². The number of rotatable bonds is 2. The predicted molar refractivity (Wildman–Crippen MR) is 106 cm³/mol. The van der Waals surface area contributed by atoms with Crippen LogP contribution in [0.3, 0.4) is 0 Å². The third-order valence-electron chi connectivity index (χ3n) is 5.44. The number of ketones is 1. The zero-order valence-corrected chi connectivity index (χ0v) is 15.8. The maximum absolute atomic E-state index is 13.2. The number of hydrogen-bond donors (Lipinski definition) is 1. The molecule has 1 N–H and O–H groups in total. The second kappa shape index (κ2) is 7.06. The van der Waals surface area contributed by atoms with E-state index in [-0.39, 0.29) is 11.7 Å². The number of halogens is 1. The number of nitrogens with one attached hydrogen (secondary N) is 1. The first-order chi connectivity index (χ1) is 13.1. The lowest BCUT2D eigenvalue weighted by Gasteiger charge is -2.36. The van der Waals surface area contributed by atoms with Gasteiger partial charge >= 0.3 is 0 Å². The van der Waals surface area contributed by atoms with Crippen LogP contribution in [-0.2, 0) is 4.79 Å². The SMILES string of the molecule is CC1=C(C#N)[C@@H](c2ccccc2Cl)C2=C(C[C@@H](c3ccccc3)CC2=O)N1. The van der Waals surface area contributed by atoms with E-state index in [1.54, 1.807) is 0 Å². The molecule has 134 valence electrons. The molecular weight excluding hydrogens is 356 g/mol. The molecule has 2 aromatic carbocycles. The van der Waals surface area contributed by atoms with Crippen LogP contribution in [0.4, 0.5) is 0 Å². The molecule has 3 nitrogen and oxygen atoms in total. The number of nitriles is 1. The van der Waals surface area contributed by atoms with Crippen LogP contribution in [0.1, 0.15) is 42.7 Å². The van der Waals surface area contributed by atoms with Crippen molar-refractivity contribution in [3.05, 3.63) is 93.3 Å². The Labute approximate surface area is 164 Å². The van der Waals surface area contributed by atoms with Gasteiger partial charge in [0, 0.05) is 28.4 Å². The largest absolute Gasteiger partial charge is 0.361 e. The molecule has 4 rings (SSSR count). The van der Waals surface area contributed by atoms with E-state index in [1.807, 2.05) is 49.4 Å². The lowest BCUT2D eigenvalue weighted by Crippen LogP contribution is -2.33. The van der Waals surface area contributed by atoms with E-state index in [0.717, 1.165) is 23.4 Å². The summed E-state index contributed by atoms with van der Waals surface area (Å²) in [6.45, 7) is 1.89. The van der Waals surface area contributed by atoms with Crippen LogP contribution in [0.15, 0.2) is 77.1 Å². The Morgan fingerprint density at radius 1 is 1.07 bits per heavy atom. The highest BCUT2D eigenvalue weighted by molar-refractivity contribution is 6.31. The van der Waals surface area contributed by atoms with Crippen molar-refractivity contribution in [2.24, 2.45) is 0 Å². The van der Waals surface area contributed by atoms with Crippen molar-refractivity contribution in [3.8, 4) is 6.07 Å². The highest BCUT2D eigenvalue weighted by Gasteiger charge is 2.39. The average Bonchev–Trinajstić information content (AvgIpc) is 2.68. The Hall–Kier alpha value is -2.83. The molecule has 1 aliphatic carbocycles. The molecule has 0 aromatic heterocycles. The van der Waals surface area contributed by atoms with Gasteiger partial charge in [-0.05, 0) is 36.5 Å². The highest BCUT2D eigenvalue weighted by Crippen LogP contribution is 2.46. The summed E-state index contributed by atoms with van der Waals surface area (Å²) in [5, 5.41) is 13.7. The van der Waals surface area contributed by atoms with E-state index in [1.165, 1.54) is 5.56 Å². The topological polar surface area (TPSA) is 52.9 Å². The van der Waals surface area contributed by atoms with Gasteiger partial charge in [-0.3, -0.25) is 4.79 Å². The first kappa shape index (κ1) is 17.6. The van der Waals surface area contributed by atoms with Crippen molar-refractivity contribution in [2.75, 3.05) is 0 Å². The van der Waals surface area contributed by atoms with E-state index in [9.17, 15) is 10.1 Å². The van der Waals surface area contributed by atoms with Crippen molar-refractivity contribution < 1.29 is 4.79 Å². The number of carbonyl (C=O) groups is 1. The maximum atomic E-state index is 13.2. The molecule has 0 unspecified atom stereocenters. The molecule has 1 aliphatic heterocycles. The molecule has 2 atom stereocenters. The standard InChI is InChI=1S/C23H19ClN2O/c1-14-18(13-25)22(17-9-5-6-10-19(17)24)23-20(26-14)11-16(12-21(23)27)15-7-3-2-4-8-15/h2-10,16,22,26H,11-12H2,1H3/t16-,22-/m1/s1. The molecule has 0 saturated carbocycles. The Kier molecular flexibility index (Phi) is 4.59. The van der Waals surface area contributed by atoms with E-state index in [4.69, 9.17) is 11.6 Å². The van der Waals surface area contributed by atoms with Crippen LogP contribution in [0, 0.1) is 11.3 Å². The average molecular weight is 375 g/mol. The van der Waals surface area contributed by atoms with E-state index >= 15 is 0 Å². The lowest BCUT2D eigenvalue weighted by atomic mass is 9.72. The fourth-order valence-electron chi connectivity index (χ4n) is 4.17. The van der Waals surface area contributed by atoms with E-state index in [2.05, 4.69) is 23.5 Å². The van der Waals surface area contributed by atoms with Crippen molar-refractivity contribution >= 4 is 17.4 Å². The van der Waals surface area contributed by atoms with Crippen LogP contribution in [0.5, 0.6) is 0 Å². The van der Waals surface area contributed by atoms with Gasteiger partial charge in [-0.15, -0.1) is 0 Å². The monoisotopic (exact) mass is 374 g/mol. The first-order valence-electron chi connectivity index (χ1n) is 9.03. The molecule has 0 amide bonds. The van der Waals surface area contributed by atoms with E-state index < -0.39 is 5.92 Å². The number of hydrogen-bond acceptors (Lipinski definition) is 3. The smallest absolute Gasteiger partial charge is 0.162 e. The Morgan fingerprint density at radius 3 is 2.48 bits per heavy atom. The summed E-state index contributed by atoms with van der Waals surface area (Å²) in [6, 6.07) is 19.9. The number of benzene rings is 2. The van der Waals surface area contributed by atoms with E-state index in [0.29, 0.717) is 22.6 Å². The normalized spacial score (nSPS) is 22.2. The molecule has 0 fully saturated rings. The minimum atomic E-state index is -0.399. The van der Waals surface area contributed by atoms with Gasteiger partial charge in [0.15, 0.2) is 5.78 Å². The van der Waals surface area contributed by atoms with Gasteiger partial charge in [0.05, 0.1) is 17.6 Å². The van der Waals surface area contributed by atoms with Crippen LogP contribution in [-0.4, -0.2) is 5.78 Å². The Morgan fingerprint density at radius 2 is 1.78 bits per heavy atom. The van der Waals surface area contributed by atoms with Crippen LogP contribution >= 0.6 is 11.6 Å². The second-order valence-electron chi connectivity index (χ2n) is 7.06. The molecular formula is C23H19ClN2O. The van der Waals surface area contributed by atoms with Gasteiger partial charge in [-0.25, -0.2) is 0 Å². The van der Waals surface area contributed by atoms with Gasteiger partial charge in [-0.2, -0.15) is 5.26 Å². The number of Topliss-reactive ketones (excluding diaryl/α,β-unsaturated/α-hetero) is 1. The number of allylic oxidation sites excluding steroid dienone is 4.